The lowest BCUT2D eigenvalue weighted by molar-refractivity contribution is 0.0936. The largest absolute Gasteiger partial charge is 0.345 e. The van der Waals surface area contributed by atoms with Crippen molar-refractivity contribution in [3.8, 4) is 0 Å². The Kier molecular flexibility index (Phi) is 6.17. The van der Waals surface area contributed by atoms with E-state index in [1.807, 2.05) is 0 Å². The van der Waals surface area contributed by atoms with E-state index in [0.29, 0.717) is 5.69 Å². The highest BCUT2D eigenvalue weighted by Gasteiger charge is 2.27. The highest BCUT2D eigenvalue weighted by molar-refractivity contribution is 7.92. The number of hydrogen-bond donors (Lipinski definition) is 1. The Morgan fingerprint density at radius 3 is 2.27 bits per heavy atom. The molecule has 0 radical (unpaired) electrons. The summed E-state index contributed by atoms with van der Waals surface area (Å²) in [6, 6.07) is 16.5. The summed E-state index contributed by atoms with van der Waals surface area (Å²) in [5, 5.41) is 2.58. The van der Waals surface area contributed by atoms with Crippen molar-refractivity contribution in [2.45, 2.75) is 17.9 Å². The first-order valence-electron chi connectivity index (χ1n) is 9.10. The minimum absolute atomic E-state index is 0.0744. The first-order chi connectivity index (χ1) is 14.2. The number of nitrogens with one attached hydrogen (secondary N) is 1. The molecule has 1 N–H and O–H groups in total. The summed E-state index contributed by atoms with van der Waals surface area (Å²) < 4.78 is 54.5. The second-order valence-corrected chi connectivity index (χ2v) is 8.60. The van der Waals surface area contributed by atoms with Crippen molar-refractivity contribution in [2.24, 2.45) is 0 Å². The van der Waals surface area contributed by atoms with Crippen molar-refractivity contribution < 1.29 is 22.0 Å². The van der Waals surface area contributed by atoms with E-state index in [4.69, 9.17) is 0 Å². The number of rotatable bonds is 6. The van der Waals surface area contributed by atoms with Crippen LogP contribution in [0.25, 0.3) is 0 Å². The van der Waals surface area contributed by atoms with Gasteiger partial charge in [-0.05, 0) is 37.3 Å². The molecule has 5 nitrogen and oxygen atoms in total. The molecule has 0 aromatic heterocycles. The molecule has 3 aromatic rings. The molecule has 0 aliphatic rings. The lowest BCUT2D eigenvalue weighted by Crippen LogP contribution is -2.32. The van der Waals surface area contributed by atoms with Crippen molar-refractivity contribution in [2.75, 3.05) is 11.4 Å². The maximum Gasteiger partial charge on any atom is 0.264 e. The van der Waals surface area contributed by atoms with Gasteiger partial charge in [-0.3, -0.25) is 9.10 Å². The van der Waals surface area contributed by atoms with Crippen LogP contribution in [0, 0.1) is 11.6 Å². The Balaban J connectivity index is 1.92. The van der Waals surface area contributed by atoms with Crippen LogP contribution in [0.1, 0.15) is 28.9 Å². The van der Waals surface area contributed by atoms with Gasteiger partial charge in [-0.2, -0.15) is 0 Å². The first-order valence-corrected chi connectivity index (χ1v) is 10.5. The Hall–Kier alpha value is -3.26. The highest BCUT2D eigenvalue weighted by atomic mass is 32.2. The maximum absolute atomic E-state index is 14.0. The number of benzene rings is 3. The average molecular weight is 430 g/mol. The Labute approximate surface area is 174 Å². The van der Waals surface area contributed by atoms with E-state index < -0.39 is 33.6 Å². The van der Waals surface area contributed by atoms with Gasteiger partial charge >= 0.3 is 0 Å². The van der Waals surface area contributed by atoms with E-state index in [1.54, 1.807) is 36.4 Å². The van der Waals surface area contributed by atoms with Gasteiger partial charge in [-0.1, -0.05) is 36.4 Å². The topological polar surface area (TPSA) is 66.5 Å². The summed E-state index contributed by atoms with van der Waals surface area (Å²) in [6.45, 7) is 1.53. The summed E-state index contributed by atoms with van der Waals surface area (Å²) in [7, 11) is -2.63. The van der Waals surface area contributed by atoms with Crippen LogP contribution in [0.5, 0.6) is 0 Å². The number of carbonyl (C=O) groups excluding carboxylic acids is 1. The van der Waals surface area contributed by atoms with Crippen molar-refractivity contribution in [1.82, 2.24) is 5.32 Å². The zero-order valence-electron chi connectivity index (χ0n) is 16.3. The number of nitrogens with zero attached hydrogens (tertiary/aromatic N) is 1. The molecule has 0 saturated carbocycles. The smallest absolute Gasteiger partial charge is 0.264 e. The third-order valence-electron chi connectivity index (χ3n) is 4.67. The third-order valence-corrected chi connectivity index (χ3v) is 6.51. The zero-order valence-corrected chi connectivity index (χ0v) is 17.2. The molecule has 1 unspecified atom stereocenters. The molecular formula is C22H20F2N2O3S. The summed E-state index contributed by atoms with van der Waals surface area (Å²) in [6.07, 6.45) is 0. The fraction of sp³-hybridized carbons (Fsp3) is 0.136. The number of para-hydroxylation sites is 1. The predicted octanol–water partition coefficient (Wildman–Crippen LogP) is 4.28. The molecule has 1 amide bonds. The van der Waals surface area contributed by atoms with Crippen molar-refractivity contribution >= 4 is 21.6 Å². The predicted molar refractivity (Wildman–Crippen MR) is 111 cm³/mol. The monoisotopic (exact) mass is 430 g/mol. The van der Waals surface area contributed by atoms with Crippen LogP contribution in [0.4, 0.5) is 14.5 Å². The van der Waals surface area contributed by atoms with Gasteiger partial charge in [0.25, 0.3) is 15.9 Å². The van der Waals surface area contributed by atoms with Gasteiger partial charge in [0.15, 0.2) is 0 Å². The van der Waals surface area contributed by atoms with Gasteiger partial charge in [0.05, 0.1) is 17.3 Å². The van der Waals surface area contributed by atoms with E-state index in [0.717, 1.165) is 16.4 Å². The Morgan fingerprint density at radius 1 is 0.967 bits per heavy atom. The van der Waals surface area contributed by atoms with E-state index in [9.17, 15) is 22.0 Å². The van der Waals surface area contributed by atoms with Crippen LogP contribution < -0.4 is 9.62 Å². The molecule has 0 bridgehead atoms. The second kappa shape index (κ2) is 8.62. The van der Waals surface area contributed by atoms with Crippen LogP contribution in [0.3, 0.4) is 0 Å². The molecule has 1 atom stereocenters. The highest BCUT2D eigenvalue weighted by Crippen LogP contribution is 2.25. The van der Waals surface area contributed by atoms with Crippen LogP contribution >= 0.6 is 0 Å². The molecule has 0 fully saturated rings. The summed E-state index contributed by atoms with van der Waals surface area (Å²) in [4.78, 5) is 12.7. The number of sulfonamides is 1. The first kappa shape index (κ1) is 21.4. The van der Waals surface area contributed by atoms with Crippen molar-refractivity contribution in [1.29, 1.82) is 0 Å². The van der Waals surface area contributed by atoms with Gasteiger partial charge in [0.1, 0.15) is 16.5 Å². The normalized spacial score (nSPS) is 12.3. The Bertz CT molecular complexity index is 1170. The standard InChI is InChI=1S/C22H20F2N2O3S/c1-15(18-13-12-16(23)14-20(18)24)25-22(27)19-10-6-7-11-21(19)30(28,29)26(2)17-8-4-3-5-9-17/h3-15H,1-2H3,(H,25,27). The molecular weight excluding hydrogens is 410 g/mol. The maximum atomic E-state index is 14.0. The van der Waals surface area contributed by atoms with E-state index in [2.05, 4.69) is 5.32 Å². The molecule has 0 heterocycles. The molecule has 0 aliphatic heterocycles. The van der Waals surface area contributed by atoms with E-state index in [-0.39, 0.29) is 16.0 Å². The minimum atomic E-state index is -4.03. The van der Waals surface area contributed by atoms with Crippen molar-refractivity contribution in [3.05, 3.63) is 95.6 Å². The van der Waals surface area contributed by atoms with Gasteiger partial charge in [-0.15, -0.1) is 0 Å². The second-order valence-electron chi connectivity index (χ2n) is 6.67. The van der Waals surface area contributed by atoms with E-state index in [1.165, 1.54) is 38.2 Å². The summed E-state index contributed by atoms with van der Waals surface area (Å²) in [5.41, 5.74) is 0.454. The lowest BCUT2D eigenvalue weighted by Gasteiger charge is -2.22. The van der Waals surface area contributed by atoms with E-state index >= 15 is 0 Å². The fourth-order valence-electron chi connectivity index (χ4n) is 3.01. The molecule has 8 heteroatoms. The van der Waals surface area contributed by atoms with Gasteiger partial charge in [0.2, 0.25) is 0 Å². The van der Waals surface area contributed by atoms with Crippen LogP contribution in [-0.2, 0) is 10.0 Å². The third kappa shape index (κ3) is 4.33. The molecule has 30 heavy (non-hydrogen) atoms. The quantitative estimate of drug-likeness (QED) is 0.635. The van der Waals surface area contributed by atoms with Crippen LogP contribution in [-0.4, -0.2) is 21.4 Å². The lowest BCUT2D eigenvalue weighted by atomic mass is 10.1. The number of halogens is 2. The number of hydrogen-bond acceptors (Lipinski definition) is 3. The fourth-order valence-corrected chi connectivity index (χ4v) is 4.39. The molecule has 3 rings (SSSR count). The molecule has 3 aromatic carbocycles. The van der Waals surface area contributed by atoms with Crippen LogP contribution in [0.15, 0.2) is 77.7 Å². The summed E-state index contributed by atoms with van der Waals surface area (Å²) >= 11 is 0. The minimum Gasteiger partial charge on any atom is -0.345 e. The molecule has 156 valence electrons. The average Bonchev–Trinajstić information content (AvgIpc) is 2.73. The Morgan fingerprint density at radius 2 is 1.60 bits per heavy atom. The molecule has 0 spiro atoms. The zero-order chi connectivity index (χ0) is 21.9. The number of anilines is 1. The summed E-state index contributed by atoms with van der Waals surface area (Å²) in [5.74, 6) is -2.21. The number of carbonyl (C=O) groups is 1. The van der Waals surface area contributed by atoms with Gasteiger partial charge in [-0.25, -0.2) is 17.2 Å². The molecule has 0 saturated heterocycles. The van der Waals surface area contributed by atoms with Gasteiger partial charge in [0, 0.05) is 18.7 Å². The van der Waals surface area contributed by atoms with Crippen LogP contribution in [0.2, 0.25) is 0 Å². The SMILES string of the molecule is CC(NC(=O)c1ccccc1S(=O)(=O)N(C)c1ccccc1)c1ccc(F)cc1F. The number of amides is 1. The molecule has 0 aliphatic carbocycles. The van der Waals surface area contributed by atoms with Gasteiger partial charge < -0.3 is 5.32 Å². The van der Waals surface area contributed by atoms with Crippen molar-refractivity contribution in [3.63, 3.8) is 0 Å².